The molecular formula is C20H20ClN3O3. The summed E-state index contributed by atoms with van der Waals surface area (Å²) in [5, 5.41) is 7.48. The van der Waals surface area contributed by atoms with Crippen LogP contribution in [0.25, 0.3) is 5.69 Å². The maximum Gasteiger partial charge on any atom is 0.268 e. The Labute approximate surface area is 162 Å². The summed E-state index contributed by atoms with van der Waals surface area (Å²) in [5.74, 6) is 0.503. The van der Waals surface area contributed by atoms with Crippen molar-refractivity contribution in [2.24, 2.45) is 0 Å². The average Bonchev–Trinajstić information content (AvgIpc) is 3.02. The van der Waals surface area contributed by atoms with Gasteiger partial charge in [0.1, 0.15) is 10.8 Å². The highest BCUT2D eigenvalue weighted by Crippen LogP contribution is 2.28. The number of aromatic nitrogens is 2. The number of benzene rings is 2. The normalized spacial score (nSPS) is 11.1. The fourth-order valence-corrected chi connectivity index (χ4v) is 2.56. The van der Waals surface area contributed by atoms with Gasteiger partial charge in [0.25, 0.3) is 11.8 Å². The van der Waals surface area contributed by atoms with E-state index in [0.29, 0.717) is 16.5 Å². The number of ether oxygens (including phenoxy) is 2. The summed E-state index contributed by atoms with van der Waals surface area (Å²) >= 11 is 6.25. The molecule has 6 nitrogen and oxygen atoms in total. The molecule has 0 bridgehead atoms. The number of halogens is 1. The van der Waals surface area contributed by atoms with Crippen LogP contribution < -0.4 is 14.8 Å². The summed E-state index contributed by atoms with van der Waals surface area (Å²) in [6, 6.07) is 16.6. The molecule has 27 heavy (non-hydrogen) atoms. The largest absolute Gasteiger partial charge is 0.497 e. The first kappa shape index (κ1) is 18.8. The molecule has 3 aromatic rings. The van der Waals surface area contributed by atoms with Gasteiger partial charge >= 0.3 is 0 Å². The van der Waals surface area contributed by atoms with E-state index in [1.165, 1.54) is 0 Å². The molecule has 0 aliphatic carbocycles. The van der Waals surface area contributed by atoms with E-state index in [9.17, 15) is 4.79 Å². The van der Waals surface area contributed by atoms with E-state index in [1.807, 2.05) is 30.3 Å². The number of nitrogens with one attached hydrogen (secondary N) is 1. The molecule has 0 atom stereocenters. The lowest BCUT2D eigenvalue weighted by Crippen LogP contribution is -2.42. The molecule has 2 aromatic carbocycles. The average molecular weight is 386 g/mol. The second-order valence-corrected chi connectivity index (χ2v) is 6.77. The molecule has 1 amide bonds. The third-order valence-corrected chi connectivity index (χ3v) is 4.14. The van der Waals surface area contributed by atoms with Crippen molar-refractivity contribution in [3.05, 3.63) is 65.8 Å². The van der Waals surface area contributed by atoms with Gasteiger partial charge in [-0.25, -0.2) is 4.68 Å². The topological polar surface area (TPSA) is 65.4 Å². The molecule has 1 N–H and O–H groups in total. The van der Waals surface area contributed by atoms with Crippen molar-refractivity contribution in [3.63, 3.8) is 0 Å². The highest BCUT2D eigenvalue weighted by atomic mass is 35.5. The number of amides is 1. The molecule has 0 radical (unpaired) electrons. The molecule has 0 aliphatic heterocycles. The van der Waals surface area contributed by atoms with Crippen LogP contribution in [0.5, 0.6) is 11.6 Å². The third kappa shape index (κ3) is 4.41. The number of hydrogen-bond acceptors (Lipinski definition) is 4. The predicted octanol–water partition coefficient (Wildman–Crippen LogP) is 4.33. The molecule has 0 aliphatic rings. The Morgan fingerprint density at radius 3 is 2.59 bits per heavy atom. The quantitative estimate of drug-likeness (QED) is 0.685. The number of nitrogens with zero attached hydrogens (tertiary/aromatic N) is 2. The van der Waals surface area contributed by atoms with Crippen molar-refractivity contribution in [1.29, 1.82) is 0 Å². The van der Waals surface area contributed by atoms with Crippen LogP contribution in [0.4, 0.5) is 5.69 Å². The minimum absolute atomic E-state index is 0.186. The smallest absolute Gasteiger partial charge is 0.268 e. The number of rotatable bonds is 6. The molecule has 0 unspecified atom stereocenters. The molecule has 0 saturated carbocycles. The summed E-state index contributed by atoms with van der Waals surface area (Å²) in [6.45, 7) is 3.31. The van der Waals surface area contributed by atoms with Crippen molar-refractivity contribution in [3.8, 4) is 17.3 Å². The fraction of sp³-hybridized carbons (Fsp3) is 0.200. The molecule has 0 fully saturated rings. The standard InChI is InChI=1S/C20H20ClN3O3/c1-20(2,19(25)22-14-8-7-11-16(12-14)26-3)27-18-17(21)13-24(23-18)15-9-5-4-6-10-15/h4-13H,1-3H3,(H,22,25). The van der Waals surface area contributed by atoms with Crippen molar-refractivity contribution in [2.45, 2.75) is 19.4 Å². The van der Waals surface area contributed by atoms with E-state index in [4.69, 9.17) is 21.1 Å². The maximum absolute atomic E-state index is 12.7. The fourth-order valence-electron chi connectivity index (χ4n) is 2.39. The lowest BCUT2D eigenvalue weighted by Gasteiger charge is -2.24. The minimum Gasteiger partial charge on any atom is -0.497 e. The number of anilines is 1. The van der Waals surface area contributed by atoms with Crippen molar-refractivity contribution in [2.75, 3.05) is 12.4 Å². The minimum atomic E-state index is -1.19. The Hall–Kier alpha value is -2.99. The zero-order valence-electron chi connectivity index (χ0n) is 15.3. The van der Waals surface area contributed by atoms with E-state index in [2.05, 4.69) is 10.4 Å². The Balaban J connectivity index is 1.75. The van der Waals surface area contributed by atoms with Gasteiger partial charge in [0.2, 0.25) is 0 Å². The van der Waals surface area contributed by atoms with Crippen LogP contribution in [0, 0.1) is 0 Å². The molecule has 7 heteroatoms. The van der Waals surface area contributed by atoms with Gasteiger partial charge in [0.05, 0.1) is 19.0 Å². The van der Waals surface area contributed by atoms with Gasteiger partial charge in [0, 0.05) is 11.8 Å². The molecule has 140 valence electrons. The molecule has 0 saturated heterocycles. The number of carbonyl (C=O) groups excluding carboxylic acids is 1. The van der Waals surface area contributed by atoms with Gasteiger partial charge in [0.15, 0.2) is 5.60 Å². The lowest BCUT2D eigenvalue weighted by atomic mass is 10.1. The summed E-state index contributed by atoms with van der Waals surface area (Å²) in [4.78, 5) is 12.7. The van der Waals surface area contributed by atoms with Crippen LogP contribution in [0.2, 0.25) is 5.02 Å². The monoisotopic (exact) mass is 385 g/mol. The van der Waals surface area contributed by atoms with Crippen LogP contribution in [0.3, 0.4) is 0 Å². The third-order valence-electron chi connectivity index (χ3n) is 3.89. The summed E-state index contributed by atoms with van der Waals surface area (Å²) in [5.41, 5.74) is 0.257. The predicted molar refractivity (Wildman–Crippen MR) is 105 cm³/mol. The first-order valence-electron chi connectivity index (χ1n) is 8.34. The second kappa shape index (κ2) is 7.72. The Bertz CT molecular complexity index is 939. The van der Waals surface area contributed by atoms with Crippen LogP contribution in [0.1, 0.15) is 13.8 Å². The zero-order valence-corrected chi connectivity index (χ0v) is 16.0. The van der Waals surface area contributed by atoms with Crippen LogP contribution in [-0.2, 0) is 4.79 Å². The first-order valence-corrected chi connectivity index (χ1v) is 8.72. The molecule has 0 spiro atoms. The van der Waals surface area contributed by atoms with Gasteiger partial charge in [-0.05, 0) is 38.1 Å². The first-order chi connectivity index (χ1) is 12.9. The summed E-state index contributed by atoms with van der Waals surface area (Å²) < 4.78 is 12.6. The Morgan fingerprint density at radius 1 is 1.15 bits per heavy atom. The zero-order chi connectivity index (χ0) is 19.4. The number of para-hydroxylation sites is 1. The van der Waals surface area contributed by atoms with E-state index in [1.54, 1.807) is 56.1 Å². The SMILES string of the molecule is COc1cccc(NC(=O)C(C)(C)Oc2nn(-c3ccccc3)cc2Cl)c1. The molecule has 3 rings (SSSR count). The molecular weight excluding hydrogens is 366 g/mol. The summed E-state index contributed by atoms with van der Waals surface area (Å²) in [7, 11) is 1.57. The molecule has 1 heterocycles. The number of hydrogen-bond donors (Lipinski definition) is 1. The number of methoxy groups -OCH3 is 1. The second-order valence-electron chi connectivity index (χ2n) is 6.36. The van der Waals surface area contributed by atoms with Gasteiger partial charge in [-0.15, -0.1) is 5.10 Å². The van der Waals surface area contributed by atoms with Gasteiger partial charge in [-0.3, -0.25) is 4.79 Å². The molecule has 1 aromatic heterocycles. The highest BCUT2D eigenvalue weighted by Gasteiger charge is 2.32. The Morgan fingerprint density at radius 2 is 1.89 bits per heavy atom. The van der Waals surface area contributed by atoms with Crippen molar-refractivity contribution >= 4 is 23.2 Å². The van der Waals surface area contributed by atoms with E-state index in [-0.39, 0.29) is 11.8 Å². The lowest BCUT2D eigenvalue weighted by molar-refractivity contribution is -0.128. The van der Waals surface area contributed by atoms with Gasteiger partial charge in [-0.1, -0.05) is 35.9 Å². The van der Waals surface area contributed by atoms with Crippen molar-refractivity contribution in [1.82, 2.24) is 9.78 Å². The van der Waals surface area contributed by atoms with Gasteiger partial charge in [-0.2, -0.15) is 0 Å². The van der Waals surface area contributed by atoms with Crippen LogP contribution in [-0.4, -0.2) is 28.4 Å². The van der Waals surface area contributed by atoms with Crippen LogP contribution in [0.15, 0.2) is 60.8 Å². The highest BCUT2D eigenvalue weighted by molar-refractivity contribution is 6.31. The Kier molecular flexibility index (Phi) is 5.37. The van der Waals surface area contributed by atoms with Gasteiger partial charge < -0.3 is 14.8 Å². The van der Waals surface area contributed by atoms with E-state index >= 15 is 0 Å². The maximum atomic E-state index is 12.7. The summed E-state index contributed by atoms with van der Waals surface area (Å²) in [6.07, 6.45) is 1.64. The number of carbonyl (C=O) groups is 1. The van der Waals surface area contributed by atoms with Crippen LogP contribution >= 0.6 is 11.6 Å². The van der Waals surface area contributed by atoms with Crippen molar-refractivity contribution < 1.29 is 14.3 Å². The van der Waals surface area contributed by atoms with E-state index in [0.717, 1.165) is 5.69 Å². The van der Waals surface area contributed by atoms with E-state index < -0.39 is 5.60 Å².